The molecule has 6 nitrogen and oxygen atoms in total. The number of hydrogen-bond acceptors (Lipinski definition) is 4. The van der Waals surface area contributed by atoms with E-state index in [4.69, 9.17) is 4.74 Å². The molecule has 142 valence electrons. The van der Waals surface area contributed by atoms with Crippen molar-refractivity contribution in [1.29, 1.82) is 0 Å². The van der Waals surface area contributed by atoms with Gasteiger partial charge in [0.2, 0.25) is 11.8 Å². The molecule has 2 aliphatic rings. The molecule has 0 unspecified atom stereocenters. The van der Waals surface area contributed by atoms with Crippen LogP contribution in [0.4, 0.5) is 0 Å². The number of nitrogens with zero attached hydrogens (tertiary/aromatic N) is 2. The summed E-state index contributed by atoms with van der Waals surface area (Å²) in [5.74, 6) is 1.13. The molecule has 1 aromatic carbocycles. The zero-order chi connectivity index (χ0) is 18.6. The maximum absolute atomic E-state index is 12.5. The van der Waals surface area contributed by atoms with E-state index in [-0.39, 0.29) is 17.2 Å². The summed E-state index contributed by atoms with van der Waals surface area (Å²) < 4.78 is 5.15. The lowest BCUT2D eigenvalue weighted by Gasteiger charge is -2.37. The van der Waals surface area contributed by atoms with Crippen molar-refractivity contribution < 1.29 is 14.3 Å². The predicted octanol–water partition coefficient (Wildman–Crippen LogP) is 1.30. The fourth-order valence-electron chi connectivity index (χ4n) is 4.14. The Hall–Kier alpha value is -2.08. The number of amides is 2. The molecular weight excluding hydrogens is 330 g/mol. The molecule has 0 aromatic heterocycles. The summed E-state index contributed by atoms with van der Waals surface area (Å²) in [7, 11) is 3.54. The van der Waals surface area contributed by atoms with Crippen molar-refractivity contribution in [2.45, 2.75) is 25.7 Å². The van der Waals surface area contributed by atoms with Crippen LogP contribution in [0.5, 0.6) is 5.75 Å². The zero-order valence-corrected chi connectivity index (χ0v) is 15.8. The van der Waals surface area contributed by atoms with Crippen LogP contribution in [0.3, 0.4) is 0 Å². The van der Waals surface area contributed by atoms with Gasteiger partial charge in [-0.25, -0.2) is 0 Å². The zero-order valence-electron chi connectivity index (χ0n) is 15.8. The Morgan fingerprint density at radius 3 is 2.73 bits per heavy atom. The van der Waals surface area contributed by atoms with Gasteiger partial charge in [-0.15, -0.1) is 0 Å². The molecule has 2 aliphatic heterocycles. The second-order valence-corrected chi connectivity index (χ2v) is 7.52. The Kier molecular flexibility index (Phi) is 5.81. The average Bonchev–Trinajstić information content (AvgIpc) is 3.04. The minimum Gasteiger partial charge on any atom is -0.497 e. The van der Waals surface area contributed by atoms with E-state index in [9.17, 15) is 9.59 Å². The average molecular weight is 359 g/mol. The van der Waals surface area contributed by atoms with Crippen LogP contribution in [0.25, 0.3) is 0 Å². The Morgan fingerprint density at radius 1 is 1.23 bits per heavy atom. The van der Waals surface area contributed by atoms with Gasteiger partial charge in [-0.3, -0.25) is 14.5 Å². The first-order valence-electron chi connectivity index (χ1n) is 9.40. The Bertz CT molecular complexity index is 646. The highest BCUT2D eigenvalue weighted by molar-refractivity contribution is 5.84. The molecule has 1 spiro atoms. The minimum atomic E-state index is -0.254. The van der Waals surface area contributed by atoms with Crippen molar-refractivity contribution in [3.63, 3.8) is 0 Å². The van der Waals surface area contributed by atoms with Gasteiger partial charge < -0.3 is 15.0 Å². The summed E-state index contributed by atoms with van der Waals surface area (Å²) >= 11 is 0. The minimum absolute atomic E-state index is 0.0344. The predicted molar refractivity (Wildman–Crippen MR) is 100 cm³/mol. The summed E-state index contributed by atoms with van der Waals surface area (Å²) in [6.45, 7) is 3.38. The first kappa shape index (κ1) is 18.7. The van der Waals surface area contributed by atoms with E-state index in [2.05, 4.69) is 10.2 Å². The van der Waals surface area contributed by atoms with Crippen molar-refractivity contribution >= 4 is 11.8 Å². The molecule has 2 fully saturated rings. The molecule has 0 saturated carbocycles. The monoisotopic (exact) mass is 359 g/mol. The maximum Gasteiger partial charge on any atom is 0.234 e. The van der Waals surface area contributed by atoms with Gasteiger partial charge in [-0.2, -0.15) is 0 Å². The Morgan fingerprint density at radius 2 is 2.00 bits per heavy atom. The van der Waals surface area contributed by atoms with E-state index in [1.54, 1.807) is 7.11 Å². The van der Waals surface area contributed by atoms with Gasteiger partial charge in [0.1, 0.15) is 5.75 Å². The molecule has 2 saturated heterocycles. The lowest BCUT2D eigenvalue weighted by Crippen LogP contribution is -2.48. The molecule has 6 heteroatoms. The number of rotatable bonds is 6. The quantitative estimate of drug-likeness (QED) is 0.832. The van der Waals surface area contributed by atoms with Crippen LogP contribution in [0, 0.1) is 5.41 Å². The molecule has 3 rings (SSSR count). The van der Waals surface area contributed by atoms with Crippen LogP contribution in [0.15, 0.2) is 24.3 Å². The summed E-state index contributed by atoms with van der Waals surface area (Å²) in [6, 6.07) is 7.89. The second-order valence-electron chi connectivity index (χ2n) is 7.52. The molecule has 2 heterocycles. The van der Waals surface area contributed by atoms with Crippen LogP contribution >= 0.6 is 0 Å². The number of carbonyl (C=O) groups excluding carboxylic acids is 2. The lowest BCUT2D eigenvalue weighted by atomic mass is 9.78. The highest BCUT2D eigenvalue weighted by Crippen LogP contribution is 2.39. The first-order chi connectivity index (χ1) is 12.5. The molecule has 0 radical (unpaired) electrons. The number of benzene rings is 1. The third kappa shape index (κ3) is 4.18. The van der Waals surface area contributed by atoms with E-state index in [0.717, 1.165) is 44.5 Å². The van der Waals surface area contributed by atoms with Crippen molar-refractivity contribution in [3.8, 4) is 5.75 Å². The van der Waals surface area contributed by atoms with Gasteiger partial charge in [-0.1, -0.05) is 12.1 Å². The standard InChI is InChI=1S/C20H29N3O3/c1-22-12-3-9-20(19(22)25)10-13-23(15-20)14-18(24)21-11-8-16-4-6-17(26-2)7-5-16/h4-7H,3,8-15H2,1-2H3,(H,21,24)/t20-/m0/s1. The summed E-state index contributed by atoms with van der Waals surface area (Å²) in [5, 5.41) is 2.99. The first-order valence-corrected chi connectivity index (χ1v) is 9.40. The van der Waals surface area contributed by atoms with Crippen LogP contribution < -0.4 is 10.1 Å². The number of methoxy groups -OCH3 is 1. The smallest absolute Gasteiger partial charge is 0.234 e. The largest absolute Gasteiger partial charge is 0.497 e. The van der Waals surface area contributed by atoms with Crippen molar-refractivity contribution in [1.82, 2.24) is 15.1 Å². The van der Waals surface area contributed by atoms with Crippen molar-refractivity contribution in [2.24, 2.45) is 5.41 Å². The molecule has 0 aliphatic carbocycles. The van der Waals surface area contributed by atoms with Gasteiger partial charge in [0.05, 0.1) is 19.1 Å². The molecule has 1 aromatic rings. The van der Waals surface area contributed by atoms with Crippen LogP contribution in [0.2, 0.25) is 0 Å². The number of piperidine rings is 1. The van der Waals surface area contributed by atoms with Crippen LogP contribution in [-0.4, -0.2) is 68.5 Å². The van der Waals surface area contributed by atoms with Gasteiger partial charge >= 0.3 is 0 Å². The number of ether oxygens (including phenoxy) is 1. The summed E-state index contributed by atoms with van der Waals surface area (Å²) in [5.41, 5.74) is 0.915. The lowest BCUT2D eigenvalue weighted by molar-refractivity contribution is -0.144. The topological polar surface area (TPSA) is 61.9 Å². The number of hydrogen-bond donors (Lipinski definition) is 1. The number of likely N-dealkylation sites (tertiary alicyclic amines) is 2. The molecule has 2 amide bonds. The van der Waals surface area contributed by atoms with Gasteiger partial charge in [0, 0.05) is 26.7 Å². The number of nitrogens with one attached hydrogen (secondary N) is 1. The van der Waals surface area contributed by atoms with E-state index >= 15 is 0 Å². The van der Waals surface area contributed by atoms with Gasteiger partial charge in [0.15, 0.2) is 0 Å². The third-order valence-corrected chi connectivity index (χ3v) is 5.64. The molecule has 1 N–H and O–H groups in total. The summed E-state index contributed by atoms with van der Waals surface area (Å²) in [4.78, 5) is 28.8. The van der Waals surface area contributed by atoms with Crippen LogP contribution in [-0.2, 0) is 16.0 Å². The van der Waals surface area contributed by atoms with E-state index in [1.165, 1.54) is 5.56 Å². The van der Waals surface area contributed by atoms with Gasteiger partial charge in [-0.05, 0) is 49.9 Å². The fourth-order valence-corrected chi connectivity index (χ4v) is 4.14. The summed E-state index contributed by atoms with van der Waals surface area (Å²) in [6.07, 6.45) is 3.67. The maximum atomic E-state index is 12.5. The molecule has 26 heavy (non-hydrogen) atoms. The van der Waals surface area contributed by atoms with E-state index in [0.29, 0.717) is 19.6 Å². The van der Waals surface area contributed by atoms with Crippen molar-refractivity contribution in [3.05, 3.63) is 29.8 Å². The van der Waals surface area contributed by atoms with Gasteiger partial charge in [0.25, 0.3) is 0 Å². The second kappa shape index (κ2) is 8.08. The fraction of sp³-hybridized carbons (Fsp3) is 0.600. The van der Waals surface area contributed by atoms with E-state index in [1.807, 2.05) is 36.2 Å². The van der Waals surface area contributed by atoms with Crippen molar-refractivity contribution in [2.75, 3.05) is 46.9 Å². The highest BCUT2D eigenvalue weighted by atomic mass is 16.5. The Labute approximate surface area is 155 Å². The number of carbonyl (C=O) groups is 2. The molecule has 0 bridgehead atoms. The molecular formula is C20H29N3O3. The van der Waals surface area contributed by atoms with Crippen LogP contribution in [0.1, 0.15) is 24.8 Å². The Balaban J connectivity index is 1.42. The molecule has 1 atom stereocenters. The van der Waals surface area contributed by atoms with E-state index < -0.39 is 0 Å². The normalized spacial score (nSPS) is 23.5. The SMILES string of the molecule is COc1ccc(CCNC(=O)CN2CC[C@@]3(CCCN(C)C3=O)C2)cc1. The third-order valence-electron chi connectivity index (χ3n) is 5.64. The highest BCUT2D eigenvalue weighted by Gasteiger charge is 2.47.